The van der Waals surface area contributed by atoms with Crippen LogP contribution in [-0.2, 0) is 4.79 Å². The average Bonchev–Trinajstić information content (AvgIpc) is 2.70. The Hall–Kier alpha value is -0.820. The van der Waals surface area contributed by atoms with Gasteiger partial charge in [-0.3, -0.25) is 9.69 Å². The molecule has 1 N–H and O–H groups in total. The number of aliphatic hydroxyl groups excluding tert-OH is 1. The van der Waals surface area contributed by atoms with Crippen LogP contribution < -0.4 is 0 Å². The molecule has 0 bridgehead atoms. The minimum absolute atomic E-state index is 0.122. The first-order valence-electron chi connectivity index (χ1n) is 7.11. The molecule has 0 saturated carbocycles. The summed E-state index contributed by atoms with van der Waals surface area (Å²) in [6.07, 6.45) is -1.20. The maximum Gasteiger partial charge on any atom is 0.406 e. The smallest absolute Gasteiger partial charge is 0.396 e. The van der Waals surface area contributed by atoms with Crippen LogP contribution in [0.25, 0.3) is 0 Å². The number of carbonyl (C=O) groups is 1. The normalized spacial score (nSPS) is 29.2. The molecular formula is C13H21F3N2O2. The van der Waals surface area contributed by atoms with E-state index in [0.29, 0.717) is 25.3 Å². The Bertz CT molecular complexity index is 347. The fourth-order valence-electron chi connectivity index (χ4n) is 3.23. The van der Waals surface area contributed by atoms with E-state index in [4.69, 9.17) is 5.11 Å². The van der Waals surface area contributed by atoms with Gasteiger partial charge in [-0.1, -0.05) is 0 Å². The van der Waals surface area contributed by atoms with Crippen LogP contribution in [0.15, 0.2) is 0 Å². The highest BCUT2D eigenvalue weighted by atomic mass is 19.4. The number of likely N-dealkylation sites (tertiary alicyclic amines) is 2. The molecule has 2 rings (SSSR count). The Kier molecular flexibility index (Phi) is 4.90. The van der Waals surface area contributed by atoms with Crippen molar-refractivity contribution in [3.05, 3.63) is 0 Å². The molecule has 2 saturated heterocycles. The van der Waals surface area contributed by atoms with Crippen molar-refractivity contribution in [1.82, 2.24) is 9.80 Å². The summed E-state index contributed by atoms with van der Waals surface area (Å²) in [6.45, 7) is 0.632. The molecule has 116 valence electrons. The lowest BCUT2D eigenvalue weighted by Gasteiger charge is -2.35. The van der Waals surface area contributed by atoms with E-state index in [2.05, 4.69) is 0 Å². The molecule has 2 fully saturated rings. The van der Waals surface area contributed by atoms with Crippen molar-refractivity contribution < 1.29 is 23.1 Å². The van der Waals surface area contributed by atoms with Crippen LogP contribution in [0.3, 0.4) is 0 Å². The van der Waals surface area contributed by atoms with Gasteiger partial charge in [0, 0.05) is 19.7 Å². The van der Waals surface area contributed by atoms with Gasteiger partial charge in [-0.15, -0.1) is 0 Å². The zero-order valence-corrected chi connectivity index (χ0v) is 11.4. The molecule has 0 aliphatic carbocycles. The molecule has 0 unspecified atom stereocenters. The third kappa shape index (κ3) is 3.85. The second-order valence-corrected chi connectivity index (χ2v) is 5.69. The van der Waals surface area contributed by atoms with Gasteiger partial charge in [0.05, 0.1) is 6.04 Å². The molecule has 0 spiro atoms. The quantitative estimate of drug-likeness (QED) is 0.848. The predicted molar refractivity (Wildman–Crippen MR) is 67.0 cm³/mol. The Balaban J connectivity index is 1.91. The van der Waals surface area contributed by atoms with E-state index in [9.17, 15) is 18.0 Å². The van der Waals surface area contributed by atoms with Crippen LogP contribution in [0.1, 0.15) is 25.7 Å². The van der Waals surface area contributed by atoms with Gasteiger partial charge in [0.1, 0.15) is 6.54 Å². The van der Waals surface area contributed by atoms with E-state index >= 15 is 0 Å². The van der Waals surface area contributed by atoms with Gasteiger partial charge in [0.25, 0.3) is 0 Å². The molecule has 0 aromatic heterocycles. The molecule has 0 aromatic carbocycles. The minimum Gasteiger partial charge on any atom is -0.396 e. The third-order valence-corrected chi connectivity index (χ3v) is 4.17. The van der Waals surface area contributed by atoms with Crippen molar-refractivity contribution in [2.24, 2.45) is 5.92 Å². The van der Waals surface area contributed by atoms with Crippen molar-refractivity contribution in [2.45, 2.75) is 37.9 Å². The summed E-state index contributed by atoms with van der Waals surface area (Å²) in [4.78, 5) is 15.0. The summed E-state index contributed by atoms with van der Waals surface area (Å²) in [7, 11) is 0. The van der Waals surface area contributed by atoms with Crippen LogP contribution in [-0.4, -0.2) is 65.8 Å². The van der Waals surface area contributed by atoms with Crippen LogP contribution in [0, 0.1) is 5.92 Å². The number of piperidine rings is 1. The molecule has 2 aliphatic rings. The average molecular weight is 294 g/mol. The number of nitrogens with zero attached hydrogens (tertiary/aromatic N) is 2. The topological polar surface area (TPSA) is 43.8 Å². The maximum absolute atomic E-state index is 12.4. The number of rotatable bonds is 4. The summed E-state index contributed by atoms with van der Waals surface area (Å²) in [5.74, 6) is -0.0508. The van der Waals surface area contributed by atoms with E-state index < -0.39 is 24.7 Å². The monoisotopic (exact) mass is 294 g/mol. The number of carbonyl (C=O) groups excluding carboxylic acids is 1. The SMILES string of the molecule is O=C1[C@@H](N2CCC[C@@H](CCO)C2)CCN1CC(F)(F)F. The first kappa shape index (κ1) is 15.6. The predicted octanol–water partition coefficient (Wildman–Crippen LogP) is 1.24. The van der Waals surface area contributed by atoms with E-state index in [1.165, 1.54) is 0 Å². The second kappa shape index (κ2) is 6.30. The molecular weight excluding hydrogens is 273 g/mol. The van der Waals surface area contributed by atoms with Crippen LogP contribution in [0.4, 0.5) is 13.2 Å². The van der Waals surface area contributed by atoms with Gasteiger partial charge in [0.15, 0.2) is 0 Å². The number of hydrogen-bond acceptors (Lipinski definition) is 3. The van der Waals surface area contributed by atoms with Crippen molar-refractivity contribution in [2.75, 3.05) is 32.8 Å². The summed E-state index contributed by atoms with van der Waals surface area (Å²) in [5, 5.41) is 8.97. The first-order valence-corrected chi connectivity index (χ1v) is 7.11. The van der Waals surface area contributed by atoms with Crippen LogP contribution in [0.5, 0.6) is 0 Å². The Morgan fingerprint density at radius 1 is 1.25 bits per heavy atom. The first-order chi connectivity index (χ1) is 9.40. The second-order valence-electron chi connectivity index (χ2n) is 5.69. The molecule has 2 heterocycles. The lowest BCUT2D eigenvalue weighted by molar-refractivity contribution is -0.159. The zero-order chi connectivity index (χ0) is 14.8. The van der Waals surface area contributed by atoms with Crippen molar-refractivity contribution in [1.29, 1.82) is 0 Å². The van der Waals surface area contributed by atoms with Gasteiger partial charge in [-0.05, 0) is 38.1 Å². The Morgan fingerprint density at radius 2 is 2.00 bits per heavy atom. The Labute approximate surface area is 116 Å². The number of halogens is 3. The van der Waals surface area contributed by atoms with Crippen LogP contribution >= 0.6 is 0 Å². The van der Waals surface area contributed by atoms with Crippen molar-refractivity contribution in [3.63, 3.8) is 0 Å². The summed E-state index contributed by atoms with van der Waals surface area (Å²) in [5.41, 5.74) is 0. The van der Waals surface area contributed by atoms with E-state index in [1.807, 2.05) is 4.90 Å². The van der Waals surface area contributed by atoms with Gasteiger partial charge >= 0.3 is 6.18 Å². The van der Waals surface area contributed by atoms with Crippen molar-refractivity contribution in [3.8, 4) is 0 Å². The molecule has 1 amide bonds. The number of hydrogen-bond donors (Lipinski definition) is 1. The highest BCUT2D eigenvalue weighted by Crippen LogP contribution is 2.27. The van der Waals surface area contributed by atoms with Gasteiger partial charge in [-0.2, -0.15) is 13.2 Å². The minimum atomic E-state index is -4.33. The molecule has 0 radical (unpaired) electrons. The molecule has 20 heavy (non-hydrogen) atoms. The zero-order valence-electron chi connectivity index (χ0n) is 11.4. The lowest BCUT2D eigenvalue weighted by atomic mass is 9.94. The lowest BCUT2D eigenvalue weighted by Crippen LogP contribution is -2.47. The standard InChI is InChI=1S/C13H21F3N2O2/c14-13(15,16)9-18-6-3-11(12(18)20)17-5-1-2-10(8-17)4-7-19/h10-11,19H,1-9H2/t10-,11-/m0/s1. The fraction of sp³-hybridized carbons (Fsp3) is 0.923. The number of alkyl halides is 3. The summed E-state index contributed by atoms with van der Waals surface area (Å²) >= 11 is 0. The highest BCUT2D eigenvalue weighted by molar-refractivity contribution is 5.84. The number of amides is 1. The molecule has 7 heteroatoms. The van der Waals surface area contributed by atoms with Crippen molar-refractivity contribution >= 4 is 5.91 Å². The third-order valence-electron chi connectivity index (χ3n) is 4.17. The fourth-order valence-corrected chi connectivity index (χ4v) is 3.23. The molecule has 4 nitrogen and oxygen atoms in total. The van der Waals surface area contributed by atoms with Gasteiger partial charge in [0.2, 0.25) is 5.91 Å². The van der Waals surface area contributed by atoms with E-state index in [-0.39, 0.29) is 13.2 Å². The van der Waals surface area contributed by atoms with E-state index in [0.717, 1.165) is 24.3 Å². The molecule has 2 aliphatic heterocycles. The van der Waals surface area contributed by atoms with E-state index in [1.54, 1.807) is 0 Å². The largest absolute Gasteiger partial charge is 0.406 e. The Morgan fingerprint density at radius 3 is 2.65 bits per heavy atom. The van der Waals surface area contributed by atoms with Gasteiger partial charge < -0.3 is 10.0 Å². The van der Waals surface area contributed by atoms with Gasteiger partial charge in [-0.25, -0.2) is 0 Å². The maximum atomic E-state index is 12.4. The highest BCUT2D eigenvalue weighted by Gasteiger charge is 2.42. The molecule has 0 aromatic rings. The van der Waals surface area contributed by atoms with Crippen LogP contribution in [0.2, 0.25) is 0 Å². The number of aliphatic hydroxyl groups is 1. The molecule has 2 atom stereocenters. The summed E-state index contributed by atoms with van der Waals surface area (Å²) < 4.78 is 37.1. The summed E-state index contributed by atoms with van der Waals surface area (Å²) in [6, 6.07) is -0.404.